The second kappa shape index (κ2) is 8.26. The number of carbonyl (C=O) groups excluding carboxylic acids is 1. The van der Waals surface area contributed by atoms with Crippen LogP contribution < -0.4 is 4.90 Å². The molecule has 4 rings (SSSR count). The Balaban J connectivity index is 1.35. The van der Waals surface area contributed by atoms with Crippen LogP contribution in [-0.2, 0) is 17.8 Å². The molecule has 2 atom stereocenters. The van der Waals surface area contributed by atoms with Crippen LogP contribution in [0, 0.1) is 5.92 Å². The molecule has 0 aromatic carbocycles. The highest BCUT2D eigenvalue weighted by Crippen LogP contribution is 2.32. The maximum absolute atomic E-state index is 12.5. The van der Waals surface area contributed by atoms with Gasteiger partial charge in [0.25, 0.3) is 0 Å². The molecule has 2 fully saturated rings. The molecule has 1 amide bonds. The molecule has 2 aliphatic heterocycles. The summed E-state index contributed by atoms with van der Waals surface area (Å²) in [6.07, 6.45) is 10.9. The van der Waals surface area contributed by atoms with Gasteiger partial charge in [0.05, 0.1) is 6.33 Å². The predicted molar refractivity (Wildman–Crippen MR) is 107 cm³/mol. The van der Waals surface area contributed by atoms with E-state index in [1.165, 1.54) is 0 Å². The third-order valence-electron chi connectivity index (χ3n) is 5.90. The third-order valence-corrected chi connectivity index (χ3v) is 5.90. The van der Waals surface area contributed by atoms with Crippen molar-refractivity contribution in [2.24, 2.45) is 5.92 Å². The molecule has 2 aliphatic rings. The normalized spacial score (nSPS) is 22.9. The lowest BCUT2D eigenvalue weighted by Gasteiger charge is -2.47. The smallest absolute Gasteiger partial charge is 0.224 e. The molecule has 2 aromatic rings. The van der Waals surface area contributed by atoms with Gasteiger partial charge in [0, 0.05) is 89.0 Å². The van der Waals surface area contributed by atoms with E-state index in [4.69, 9.17) is 0 Å². The molecule has 0 radical (unpaired) electrons. The van der Waals surface area contributed by atoms with Crippen molar-refractivity contribution in [2.75, 3.05) is 38.6 Å². The molecule has 0 saturated carbocycles. The molecule has 0 bridgehead atoms. The van der Waals surface area contributed by atoms with Crippen molar-refractivity contribution in [3.63, 3.8) is 0 Å². The molecule has 28 heavy (non-hydrogen) atoms. The van der Waals surface area contributed by atoms with E-state index in [1.807, 2.05) is 37.6 Å². The summed E-state index contributed by atoms with van der Waals surface area (Å²) in [7, 11) is 3.89. The molecule has 1 N–H and O–H groups in total. The average Bonchev–Trinajstić information content (AvgIpc) is 3.21. The number of carbonyl (C=O) groups is 1. The van der Waals surface area contributed by atoms with Crippen LogP contribution in [0.15, 0.2) is 24.9 Å². The molecule has 4 heterocycles. The van der Waals surface area contributed by atoms with E-state index in [1.54, 1.807) is 6.33 Å². The van der Waals surface area contributed by atoms with E-state index in [0.29, 0.717) is 24.3 Å². The Morgan fingerprint density at radius 2 is 2.04 bits per heavy atom. The maximum Gasteiger partial charge on any atom is 0.224 e. The number of nitrogens with one attached hydrogen (secondary N) is 1. The van der Waals surface area contributed by atoms with Gasteiger partial charge < -0.3 is 14.8 Å². The number of likely N-dealkylation sites (tertiary alicyclic amines) is 2. The largest absolute Gasteiger partial charge is 0.348 e. The van der Waals surface area contributed by atoms with Crippen LogP contribution in [0.25, 0.3) is 0 Å². The summed E-state index contributed by atoms with van der Waals surface area (Å²) in [5.74, 6) is 1.60. The highest BCUT2D eigenvalue weighted by Gasteiger charge is 2.38. The van der Waals surface area contributed by atoms with Crippen LogP contribution in [0.5, 0.6) is 0 Å². The summed E-state index contributed by atoms with van der Waals surface area (Å²) in [5.41, 5.74) is 2.24. The number of hydrogen-bond acceptors (Lipinski definition) is 6. The number of imidazole rings is 1. The first-order chi connectivity index (χ1) is 13.6. The molecule has 8 heteroatoms. The van der Waals surface area contributed by atoms with Gasteiger partial charge in [-0.1, -0.05) is 0 Å². The minimum atomic E-state index is 0.307. The Hall–Kier alpha value is -2.48. The topological polar surface area (TPSA) is 81.3 Å². The number of piperidine rings is 2. The van der Waals surface area contributed by atoms with E-state index < -0.39 is 0 Å². The fourth-order valence-corrected chi connectivity index (χ4v) is 4.44. The first kappa shape index (κ1) is 18.9. The number of hydrogen-bond donors (Lipinski definition) is 1. The van der Waals surface area contributed by atoms with Crippen LogP contribution in [0.3, 0.4) is 0 Å². The van der Waals surface area contributed by atoms with Crippen molar-refractivity contribution in [3.8, 4) is 0 Å². The van der Waals surface area contributed by atoms with Gasteiger partial charge in [0.15, 0.2) is 0 Å². The van der Waals surface area contributed by atoms with Gasteiger partial charge in [-0.05, 0) is 18.8 Å². The Morgan fingerprint density at radius 1 is 1.21 bits per heavy atom. The molecular formula is C20H29N7O. The SMILES string of the molecule is CN(C)c1ncc(CN2CCC3C(CCC(=O)N3CCc3cnc[nH]3)C2)cn1. The molecule has 8 nitrogen and oxygen atoms in total. The molecule has 150 valence electrons. The van der Waals surface area contributed by atoms with Crippen molar-refractivity contribution >= 4 is 11.9 Å². The van der Waals surface area contributed by atoms with Crippen molar-refractivity contribution < 1.29 is 4.79 Å². The van der Waals surface area contributed by atoms with Crippen molar-refractivity contribution in [1.82, 2.24) is 29.7 Å². The van der Waals surface area contributed by atoms with Gasteiger partial charge in [-0.2, -0.15) is 0 Å². The van der Waals surface area contributed by atoms with E-state index in [2.05, 4.69) is 29.7 Å². The number of aromatic amines is 1. The Bertz CT molecular complexity index is 774. The minimum absolute atomic E-state index is 0.307. The molecule has 2 unspecified atom stereocenters. The van der Waals surface area contributed by atoms with Crippen LogP contribution in [0.1, 0.15) is 30.5 Å². The molecule has 2 saturated heterocycles. The summed E-state index contributed by atoms with van der Waals surface area (Å²) in [6, 6.07) is 0.368. The summed E-state index contributed by atoms with van der Waals surface area (Å²) < 4.78 is 0. The van der Waals surface area contributed by atoms with Crippen LogP contribution >= 0.6 is 0 Å². The molecule has 0 aliphatic carbocycles. The molecular weight excluding hydrogens is 354 g/mol. The molecule has 2 aromatic heterocycles. The number of anilines is 1. The van der Waals surface area contributed by atoms with Crippen LogP contribution in [0.4, 0.5) is 5.95 Å². The summed E-state index contributed by atoms with van der Waals surface area (Å²) in [6.45, 7) is 3.69. The zero-order valence-electron chi connectivity index (χ0n) is 16.7. The van der Waals surface area contributed by atoms with Gasteiger partial charge in [0.2, 0.25) is 11.9 Å². The van der Waals surface area contributed by atoms with Gasteiger partial charge in [0.1, 0.15) is 0 Å². The number of amides is 1. The van der Waals surface area contributed by atoms with Crippen molar-refractivity contribution in [3.05, 3.63) is 36.2 Å². The van der Waals surface area contributed by atoms with Crippen molar-refractivity contribution in [1.29, 1.82) is 0 Å². The van der Waals surface area contributed by atoms with E-state index in [-0.39, 0.29) is 0 Å². The number of aromatic nitrogens is 4. The lowest BCUT2D eigenvalue weighted by atomic mass is 9.83. The van der Waals surface area contributed by atoms with E-state index >= 15 is 0 Å². The fraction of sp³-hybridized carbons (Fsp3) is 0.600. The van der Waals surface area contributed by atoms with Gasteiger partial charge in [-0.25, -0.2) is 15.0 Å². The number of fused-ring (bicyclic) bond motifs is 1. The first-order valence-electron chi connectivity index (χ1n) is 10.1. The van der Waals surface area contributed by atoms with E-state index in [9.17, 15) is 4.79 Å². The third kappa shape index (κ3) is 4.16. The second-order valence-corrected chi connectivity index (χ2v) is 8.09. The Kier molecular flexibility index (Phi) is 5.57. The van der Waals surface area contributed by atoms with Gasteiger partial charge in [-0.3, -0.25) is 9.69 Å². The van der Waals surface area contributed by atoms with Gasteiger partial charge >= 0.3 is 0 Å². The lowest BCUT2D eigenvalue weighted by molar-refractivity contribution is -0.141. The zero-order chi connectivity index (χ0) is 19.5. The number of rotatable bonds is 6. The maximum atomic E-state index is 12.5. The predicted octanol–water partition coefficient (Wildman–Crippen LogP) is 1.32. The quantitative estimate of drug-likeness (QED) is 0.810. The lowest BCUT2D eigenvalue weighted by Crippen LogP contribution is -2.56. The van der Waals surface area contributed by atoms with Crippen LogP contribution in [0.2, 0.25) is 0 Å². The fourth-order valence-electron chi connectivity index (χ4n) is 4.44. The standard InChI is InChI=1S/C20H29N7O/c1-25(2)20-22-9-15(10-23-20)12-26-7-6-18-16(13-26)3-4-19(28)27(18)8-5-17-11-21-14-24-17/h9-11,14,16,18H,3-8,12-13H2,1-2H3,(H,21,24). The summed E-state index contributed by atoms with van der Waals surface area (Å²) >= 11 is 0. The highest BCUT2D eigenvalue weighted by molar-refractivity contribution is 5.77. The zero-order valence-corrected chi connectivity index (χ0v) is 16.7. The average molecular weight is 384 g/mol. The minimum Gasteiger partial charge on any atom is -0.348 e. The highest BCUT2D eigenvalue weighted by atomic mass is 16.2. The first-order valence-corrected chi connectivity index (χ1v) is 10.1. The summed E-state index contributed by atoms with van der Waals surface area (Å²) in [5, 5.41) is 0. The number of H-pyrrole nitrogens is 1. The van der Waals surface area contributed by atoms with Gasteiger partial charge in [-0.15, -0.1) is 0 Å². The monoisotopic (exact) mass is 383 g/mol. The number of nitrogens with zero attached hydrogens (tertiary/aromatic N) is 6. The molecule has 0 spiro atoms. The van der Waals surface area contributed by atoms with Crippen LogP contribution in [-0.4, -0.2) is 75.4 Å². The second-order valence-electron chi connectivity index (χ2n) is 8.09. The van der Waals surface area contributed by atoms with E-state index in [0.717, 1.165) is 62.6 Å². The Morgan fingerprint density at radius 3 is 2.75 bits per heavy atom. The van der Waals surface area contributed by atoms with Crippen molar-refractivity contribution in [2.45, 2.75) is 38.3 Å². The Labute approximate surface area is 166 Å². The summed E-state index contributed by atoms with van der Waals surface area (Å²) in [4.78, 5) is 35.1.